The van der Waals surface area contributed by atoms with Crippen molar-refractivity contribution < 1.29 is 23.5 Å². The van der Waals surface area contributed by atoms with Crippen LogP contribution in [0.5, 0.6) is 11.5 Å². The predicted molar refractivity (Wildman–Crippen MR) is 88.6 cm³/mol. The molecule has 1 amide bonds. The fourth-order valence-corrected chi connectivity index (χ4v) is 3.08. The van der Waals surface area contributed by atoms with E-state index < -0.39 is 11.4 Å². The van der Waals surface area contributed by atoms with Gasteiger partial charge in [0.1, 0.15) is 6.61 Å². The van der Waals surface area contributed by atoms with Crippen LogP contribution in [-0.2, 0) is 9.59 Å². The van der Waals surface area contributed by atoms with Gasteiger partial charge in [-0.2, -0.15) is 0 Å². The molecule has 1 aromatic carbocycles. The average molecular weight is 363 g/mol. The van der Waals surface area contributed by atoms with Crippen LogP contribution in [0.25, 0.3) is 0 Å². The molecule has 0 saturated carbocycles. The topological polar surface area (TPSA) is 94.8 Å². The molecule has 0 radical (unpaired) electrons. The summed E-state index contributed by atoms with van der Waals surface area (Å²) in [4.78, 5) is 25.2. The maximum Gasteiger partial charge on any atom is 0.277 e. The van der Waals surface area contributed by atoms with E-state index in [2.05, 4.69) is 10.2 Å². The van der Waals surface area contributed by atoms with Gasteiger partial charge >= 0.3 is 0 Å². The summed E-state index contributed by atoms with van der Waals surface area (Å²) in [5.74, 6) is 0.867. The van der Waals surface area contributed by atoms with E-state index in [0.717, 1.165) is 11.8 Å². The van der Waals surface area contributed by atoms with E-state index in [0.29, 0.717) is 11.5 Å². The minimum Gasteiger partial charge on any atom is -0.485 e. The smallest absolute Gasteiger partial charge is 0.277 e. The molecular weight excluding hydrogens is 346 g/mol. The average Bonchev–Trinajstić information content (AvgIpc) is 3.07. The monoisotopic (exact) mass is 363 g/mol. The van der Waals surface area contributed by atoms with Gasteiger partial charge in [-0.3, -0.25) is 9.59 Å². The third kappa shape index (κ3) is 3.76. The number of thioether (sulfide) groups is 1. The second kappa shape index (κ2) is 7.14. The van der Waals surface area contributed by atoms with Gasteiger partial charge in [-0.25, -0.2) is 0 Å². The van der Waals surface area contributed by atoms with Crippen LogP contribution in [0.4, 0.5) is 0 Å². The third-order valence-electron chi connectivity index (χ3n) is 3.46. The number of rotatable bonds is 5. The second-order valence-electron chi connectivity index (χ2n) is 5.61. The molecule has 2 aromatic rings. The van der Waals surface area contributed by atoms with Crippen molar-refractivity contribution in [3.05, 3.63) is 30.2 Å². The highest BCUT2D eigenvalue weighted by Gasteiger charge is 2.31. The van der Waals surface area contributed by atoms with E-state index in [1.165, 1.54) is 11.8 Å². The maximum atomic E-state index is 12.1. The van der Waals surface area contributed by atoms with Crippen molar-refractivity contribution in [3.8, 4) is 11.5 Å². The first kappa shape index (κ1) is 17.3. The SMILES string of the molecule is CC(=O)[C@@H](Sc1nnc([C@H]2COc3ccccc3O2)o1)C(=O)N(C)C. The second-order valence-corrected chi connectivity index (χ2v) is 6.67. The van der Waals surface area contributed by atoms with Gasteiger partial charge < -0.3 is 18.8 Å². The van der Waals surface area contributed by atoms with E-state index in [-0.39, 0.29) is 29.4 Å². The molecule has 0 N–H and O–H groups in total. The summed E-state index contributed by atoms with van der Waals surface area (Å²) >= 11 is 0.926. The summed E-state index contributed by atoms with van der Waals surface area (Å²) in [6.45, 7) is 1.58. The minimum absolute atomic E-state index is 0.132. The number of nitrogens with zero attached hydrogens (tertiary/aromatic N) is 3. The molecule has 9 heteroatoms. The summed E-state index contributed by atoms with van der Waals surface area (Å²) in [5, 5.41) is 7.06. The molecule has 0 fully saturated rings. The van der Waals surface area contributed by atoms with Gasteiger partial charge in [-0.1, -0.05) is 12.1 Å². The largest absolute Gasteiger partial charge is 0.485 e. The van der Waals surface area contributed by atoms with Crippen LogP contribution in [-0.4, -0.2) is 52.7 Å². The first-order valence-corrected chi connectivity index (χ1v) is 8.44. The summed E-state index contributed by atoms with van der Waals surface area (Å²) in [5.41, 5.74) is 0. The van der Waals surface area contributed by atoms with Gasteiger partial charge in [0.25, 0.3) is 11.1 Å². The zero-order chi connectivity index (χ0) is 18.0. The van der Waals surface area contributed by atoms with E-state index in [1.807, 2.05) is 18.2 Å². The van der Waals surface area contributed by atoms with Gasteiger partial charge in [-0.15, -0.1) is 10.2 Å². The molecule has 0 spiro atoms. The lowest BCUT2D eigenvalue weighted by atomic mass is 10.2. The summed E-state index contributed by atoms with van der Waals surface area (Å²) in [6, 6.07) is 7.29. The zero-order valence-corrected chi connectivity index (χ0v) is 14.8. The standard InChI is InChI=1S/C16H17N3O5S/c1-9(20)13(15(21)19(2)3)25-16-18-17-14(24-16)12-8-22-10-6-4-5-7-11(10)23-12/h4-7,12-13H,8H2,1-3H3/t12-,13-/m1/s1. The van der Waals surface area contributed by atoms with Crippen molar-refractivity contribution in [2.45, 2.75) is 23.5 Å². The fraction of sp³-hybridized carbons (Fsp3) is 0.375. The molecule has 2 heterocycles. The molecule has 1 aliphatic heterocycles. The number of para-hydroxylation sites is 2. The number of ketones is 1. The first-order chi connectivity index (χ1) is 12.0. The Balaban J connectivity index is 1.72. The zero-order valence-electron chi connectivity index (χ0n) is 14.0. The van der Waals surface area contributed by atoms with Gasteiger partial charge in [0, 0.05) is 14.1 Å². The number of ether oxygens (including phenoxy) is 2. The molecule has 0 saturated heterocycles. The molecular formula is C16H17N3O5S. The highest BCUT2D eigenvalue weighted by Crippen LogP contribution is 2.36. The van der Waals surface area contributed by atoms with E-state index in [4.69, 9.17) is 13.9 Å². The number of hydrogen-bond acceptors (Lipinski definition) is 8. The van der Waals surface area contributed by atoms with Crippen LogP contribution in [0.2, 0.25) is 0 Å². The highest BCUT2D eigenvalue weighted by molar-refractivity contribution is 8.01. The van der Waals surface area contributed by atoms with Crippen molar-refractivity contribution in [1.82, 2.24) is 15.1 Å². The van der Waals surface area contributed by atoms with Gasteiger partial charge in [0.05, 0.1) is 0 Å². The summed E-state index contributed by atoms with van der Waals surface area (Å²) in [6.07, 6.45) is -0.544. The lowest BCUT2D eigenvalue weighted by Crippen LogP contribution is -2.35. The van der Waals surface area contributed by atoms with Crippen LogP contribution >= 0.6 is 11.8 Å². The van der Waals surface area contributed by atoms with E-state index in [9.17, 15) is 9.59 Å². The Bertz CT molecular complexity index is 792. The predicted octanol–water partition coefficient (Wildman–Crippen LogP) is 1.72. The number of fused-ring (bicyclic) bond motifs is 1. The van der Waals surface area contributed by atoms with Crippen LogP contribution in [0.15, 0.2) is 33.9 Å². The Hall–Kier alpha value is -2.55. The Morgan fingerprint density at radius 1 is 1.24 bits per heavy atom. The van der Waals surface area contributed by atoms with Crippen LogP contribution < -0.4 is 9.47 Å². The fourth-order valence-electron chi connectivity index (χ4n) is 2.18. The van der Waals surface area contributed by atoms with E-state index in [1.54, 1.807) is 20.2 Å². The Labute approximate surface area is 148 Å². The van der Waals surface area contributed by atoms with Crippen molar-refractivity contribution in [1.29, 1.82) is 0 Å². The molecule has 0 bridgehead atoms. The lowest BCUT2D eigenvalue weighted by molar-refractivity contribution is -0.132. The number of aromatic nitrogens is 2. The third-order valence-corrected chi connectivity index (χ3v) is 4.59. The number of carbonyl (C=O) groups excluding carboxylic acids is 2. The van der Waals surface area contributed by atoms with Crippen LogP contribution in [0.1, 0.15) is 18.9 Å². The summed E-state index contributed by atoms with van der Waals surface area (Å²) in [7, 11) is 3.17. The Kier molecular flexibility index (Phi) is 4.93. The molecule has 8 nitrogen and oxygen atoms in total. The maximum absolute atomic E-state index is 12.1. The minimum atomic E-state index is -0.924. The van der Waals surface area contributed by atoms with E-state index >= 15 is 0 Å². The number of amides is 1. The van der Waals surface area contributed by atoms with Gasteiger partial charge in [0.2, 0.25) is 12.0 Å². The van der Waals surface area contributed by atoms with Crippen molar-refractivity contribution >= 4 is 23.5 Å². The Morgan fingerprint density at radius 2 is 1.96 bits per heavy atom. The highest BCUT2D eigenvalue weighted by atomic mass is 32.2. The molecule has 1 aliphatic rings. The first-order valence-electron chi connectivity index (χ1n) is 7.56. The van der Waals surface area contributed by atoms with Crippen LogP contribution in [0, 0.1) is 0 Å². The molecule has 0 unspecified atom stereocenters. The number of benzene rings is 1. The molecule has 0 aliphatic carbocycles. The van der Waals surface area contributed by atoms with Crippen molar-refractivity contribution in [2.24, 2.45) is 0 Å². The molecule has 25 heavy (non-hydrogen) atoms. The van der Waals surface area contributed by atoms with Crippen molar-refractivity contribution in [2.75, 3.05) is 20.7 Å². The molecule has 3 rings (SSSR count). The molecule has 1 aromatic heterocycles. The quantitative estimate of drug-likeness (QED) is 0.585. The van der Waals surface area contributed by atoms with Gasteiger partial charge in [0.15, 0.2) is 22.5 Å². The number of Topliss-reactive ketones (excluding diaryl/α,β-unsaturated/α-hetero) is 1. The number of carbonyl (C=O) groups is 2. The van der Waals surface area contributed by atoms with Crippen LogP contribution in [0.3, 0.4) is 0 Å². The number of hydrogen-bond donors (Lipinski definition) is 0. The Morgan fingerprint density at radius 3 is 2.64 bits per heavy atom. The van der Waals surface area contributed by atoms with Crippen molar-refractivity contribution in [3.63, 3.8) is 0 Å². The normalized spacial score (nSPS) is 17.0. The molecule has 132 valence electrons. The summed E-state index contributed by atoms with van der Waals surface area (Å²) < 4.78 is 17.0. The lowest BCUT2D eigenvalue weighted by Gasteiger charge is -2.23. The van der Waals surface area contributed by atoms with Gasteiger partial charge in [-0.05, 0) is 30.8 Å². The molecule has 2 atom stereocenters.